The molecule has 76 valence electrons. The summed E-state index contributed by atoms with van der Waals surface area (Å²) in [5.74, 6) is 0.879. The van der Waals surface area contributed by atoms with Crippen LogP contribution in [0.15, 0.2) is 0 Å². The monoisotopic (exact) mass is 182 g/mol. The van der Waals surface area contributed by atoms with Gasteiger partial charge in [-0.3, -0.25) is 0 Å². The first-order chi connectivity index (χ1) is 6.18. The van der Waals surface area contributed by atoms with Crippen molar-refractivity contribution in [3.05, 3.63) is 0 Å². The van der Waals surface area contributed by atoms with Crippen LogP contribution in [0.5, 0.6) is 0 Å². The molecule has 13 heavy (non-hydrogen) atoms. The Morgan fingerprint density at radius 1 is 1.38 bits per heavy atom. The number of nitrogens with two attached hydrogens (primary N) is 1. The molecule has 0 spiro atoms. The molecule has 0 aromatic heterocycles. The first kappa shape index (κ1) is 9.47. The molecule has 1 heterocycles. The first-order valence-corrected chi connectivity index (χ1v) is 5.65. The standard InChI is InChI=1S/C11H22N2/c1-13-7-2-4-10(9-13)8-11(12)5-3-6-11/h10H,2-9,12H2,1H3. The molecule has 2 fully saturated rings. The third-order valence-electron chi connectivity index (χ3n) is 3.77. The van der Waals surface area contributed by atoms with Crippen LogP contribution in [0.25, 0.3) is 0 Å². The van der Waals surface area contributed by atoms with Crippen LogP contribution in [0.1, 0.15) is 38.5 Å². The Kier molecular flexibility index (Phi) is 2.61. The van der Waals surface area contributed by atoms with Crippen LogP contribution in [0.3, 0.4) is 0 Å². The molecule has 2 rings (SSSR count). The van der Waals surface area contributed by atoms with Gasteiger partial charge < -0.3 is 10.6 Å². The highest BCUT2D eigenvalue weighted by atomic mass is 15.1. The van der Waals surface area contributed by atoms with Gasteiger partial charge in [0.15, 0.2) is 0 Å². The van der Waals surface area contributed by atoms with E-state index in [-0.39, 0.29) is 5.54 Å². The van der Waals surface area contributed by atoms with Crippen molar-refractivity contribution in [2.24, 2.45) is 11.7 Å². The Hall–Kier alpha value is -0.0800. The highest BCUT2D eigenvalue weighted by Crippen LogP contribution is 2.36. The van der Waals surface area contributed by atoms with E-state index in [9.17, 15) is 0 Å². The summed E-state index contributed by atoms with van der Waals surface area (Å²) < 4.78 is 0. The van der Waals surface area contributed by atoms with Crippen LogP contribution in [0.2, 0.25) is 0 Å². The molecule has 1 saturated heterocycles. The van der Waals surface area contributed by atoms with Gasteiger partial charge in [0, 0.05) is 12.1 Å². The predicted octanol–water partition coefficient (Wildman–Crippen LogP) is 1.60. The van der Waals surface area contributed by atoms with Gasteiger partial charge in [-0.05, 0) is 58.0 Å². The molecular formula is C11H22N2. The first-order valence-electron chi connectivity index (χ1n) is 5.65. The van der Waals surface area contributed by atoms with Gasteiger partial charge in [-0.25, -0.2) is 0 Å². The van der Waals surface area contributed by atoms with E-state index >= 15 is 0 Å². The molecule has 1 aliphatic heterocycles. The molecule has 2 heteroatoms. The zero-order valence-corrected chi connectivity index (χ0v) is 8.76. The molecule has 2 N–H and O–H groups in total. The fourth-order valence-corrected chi connectivity index (χ4v) is 2.85. The predicted molar refractivity (Wildman–Crippen MR) is 55.6 cm³/mol. The second-order valence-corrected chi connectivity index (χ2v) is 5.19. The van der Waals surface area contributed by atoms with Crippen molar-refractivity contribution in [1.82, 2.24) is 4.90 Å². The van der Waals surface area contributed by atoms with E-state index in [1.54, 1.807) is 0 Å². The number of piperidine rings is 1. The largest absolute Gasteiger partial charge is 0.325 e. The lowest BCUT2D eigenvalue weighted by molar-refractivity contribution is 0.136. The number of hydrogen-bond donors (Lipinski definition) is 1. The average Bonchev–Trinajstić information content (AvgIpc) is 2.01. The van der Waals surface area contributed by atoms with Gasteiger partial charge in [0.25, 0.3) is 0 Å². The van der Waals surface area contributed by atoms with Gasteiger partial charge in [-0.2, -0.15) is 0 Å². The third kappa shape index (κ3) is 2.23. The second-order valence-electron chi connectivity index (χ2n) is 5.19. The van der Waals surface area contributed by atoms with Gasteiger partial charge in [0.1, 0.15) is 0 Å². The van der Waals surface area contributed by atoms with E-state index in [0.29, 0.717) is 0 Å². The minimum atomic E-state index is 0.239. The van der Waals surface area contributed by atoms with Crippen molar-refractivity contribution in [1.29, 1.82) is 0 Å². The van der Waals surface area contributed by atoms with Crippen LogP contribution in [-0.2, 0) is 0 Å². The van der Waals surface area contributed by atoms with Crippen molar-refractivity contribution in [2.45, 2.75) is 44.1 Å². The van der Waals surface area contributed by atoms with Gasteiger partial charge in [0.05, 0.1) is 0 Å². The molecule has 0 bridgehead atoms. The fraction of sp³-hybridized carbons (Fsp3) is 1.00. The topological polar surface area (TPSA) is 29.3 Å². The van der Waals surface area contributed by atoms with Crippen LogP contribution >= 0.6 is 0 Å². The lowest BCUT2D eigenvalue weighted by atomic mass is 9.71. The van der Waals surface area contributed by atoms with E-state index < -0.39 is 0 Å². The Morgan fingerprint density at radius 2 is 2.15 bits per heavy atom. The van der Waals surface area contributed by atoms with Gasteiger partial charge in [0.2, 0.25) is 0 Å². The molecule has 1 saturated carbocycles. The summed E-state index contributed by atoms with van der Waals surface area (Å²) in [4.78, 5) is 2.45. The van der Waals surface area contributed by atoms with Crippen LogP contribution in [-0.4, -0.2) is 30.6 Å². The molecule has 1 unspecified atom stereocenters. The SMILES string of the molecule is CN1CCCC(CC2(N)CCC2)C1. The summed E-state index contributed by atoms with van der Waals surface area (Å²) >= 11 is 0. The van der Waals surface area contributed by atoms with Gasteiger partial charge in [-0.1, -0.05) is 0 Å². The summed E-state index contributed by atoms with van der Waals surface area (Å²) in [5.41, 5.74) is 6.50. The Labute approximate surface area is 81.5 Å². The molecule has 0 amide bonds. The average molecular weight is 182 g/mol. The van der Waals surface area contributed by atoms with E-state index in [1.165, 1.54) is 51.6 Å². The van der Waals surface area contributed by atoms with E-state index in [1.807, 2.05) is 0 Å². The van der Waals surface area contributed by atoms with Crippen molar-refractivity contribution in [3.8, 4) is 0 Å². The zero-order valence-electron chi connectivity index (χ0n) is 8.76. The summed E-state index contributed by atoms with van der Waals surface area (Å²) in [7, 11) is 2.23. The van der Waals surface area contributed by atoms with Gasteiger partial charge >= 0.3 is 0 Å². The minimum absolute atomic E-state index is 0.239. The molecule has 0 aromatic carbocycles. The van der Waals surface area contributed by atoms with Crippen LogP contribution in [0, 0.1) is 5.92 Å². The van der Waals surface area contributed by atoms with E-state index in [2.05, 4.69) is 11.9 Å². The molecule has 0 radical (unpaired) electrons. The maximum atomic E-state index is 6.26. The summed E-state index contributed by atoms with van der Waals surface area (Å²) in [6.45, 7) is 2.56. The minimum Gasteiger partial charge on any atom is -0.325 e. The number of nitrogens with zero attached hydrogens (tertiary/aromatic N) is 1. The summed E-state index contributed by atoms with van der Waals surface area (Å²) in [6.07, 6.45) is 7.96. The fourth-order valence-electron chi connectivity index (χ4n) is 2.85. The quantitative estimate of drug-likeness (QED) is 0.703. The maximum Gasteiger partial charge on any atom is 0.0157 e. The highest BCUT2D eigenvalue weighted by molar-refractivity contribution is 4.94. The molecule has 1 atom stereocenters. The lowest BCUT2D eigenvalue weighted by Crippen LogP contribution is -2.49. The molecule has 2 aliphatic rings. The summed E-state index contributed by atoms with van der Waals surface area (Å²) in [5, 5.41) is 0. The Balaban J connectivity index is 1.80. The zero-order chi connectivity index (χ0) is 9.31. The number of hydrogen-bond acceptors (Lipinski definition) is 2. The Bertz CT molecular complexity index is 175. The van der Waals surface area contributed by atoms with Crippen molar-refractivity contribution >= 4 is 0 Å². The molecule has 1 aliphatic carbocycles. The highest BCUT2D eigenvalue weighted by Gasteiger charge is 2.35. The molecule has 0 aromatic rings. The van der Waals surface area contributed by atoms with Gasteiger partial charge in [-0.15, -0.1) is 0 Å². The third-order valence-corrected chi connectivity index (χ3v) is 3.77. The van der Waals surface area contributed by atoms with Crippen molar-refractivity contribution in [3.63, 3.8) is 0 Å². The normalized spacial score (nSPS) is 34.2. The Morgan fingerprint density at radius 3 is 2.69 bits per heavy atom. The van der Waals surface area contributed by atoms with Crippen LogP contribution < -0.4 is 5.73 Å². The smallest absolute Gasteiger partial charge is 0.0157 e. The van der Waals surface area contributed by atoms with Crippen LogP contribution in [0.4, 0.5) is 0 Å². The number of likely N-dealkylation sites (tertiary alicyclic amines) is 1. The second kappa shape index (κ2) is 3.58. The van der Waals surface area contributed by atoms with Crippen molar-refractivity contribution < 1.29 is 0 Å². The maximum absolute atomic E-state index is 6.26. The summed E-state index contributed by atoms with van der Waals surface area (Å²) in [6, 6.07) is 0. The molecule has 2 nitrogen and oxygen atoms in total. The number of rotatable bonds is 2. The molecular weight excluding hydrogens is 160 g/mol. The van der Waals surface area contributed by atoms with E-state index in [4.69, 9.17) is 5.73 Å². The van der Waals surface area contributed by atoms with Crippen molar-refractivity contribution in [2.75, 3.05) is 20.1 Å². The van der Waals surface area contributed by atoms with E-state index in [0.717, 1.165) is 5.92 Å². The lowest BCUT2D eigenvalue weighted by Gasteiger charge is -2.42.